The van der Waals surface area contributed by atoms with Gasteiger partial charge in [-0.1, -0.05) is 109 Å². The number of aromatic nitrogens is 1. The maximum absolute atomic E-state index is 10.5. The molecule has 1 aliphatic heterocycles. The summed E-state index contributed by atoms with van der Waals surface area (Å²) in [5, 5.41) is 21.6. The summed E-state index contributed by atoms with van der Waals surface area (Å²) in [7, 11) is 0. The zero-order chi connectivity index (χ0) is 32.2. The van der Waals surface area contributed by atoms with Crippen LogP contribution in [-0.4, -0.2) is 10.6 Å². The lowest BCUT2D eigenvalue weighted by atomic mass is 9.84. The van der Waals surface area contributed by atoms with Gasteiger partial charge in [0.25, 0.3) is 0 Å². The number of nitriles is 2. The molecule has 2 unspecified atom stereocenters. The van der Waals surface area contributed by atoms with Gasteiger partial charge in [0.2, 0.25) is 0 Å². The molecule has 0 amide bonds. The van der Waals surface area contributed by atoms with E-state index in [0.717, 1.165) is 70.4 Å². The Hall–Kier alpha value is -6.10. The first kappa shape index (κ1) is 28.1. The van der Waals surface area contributed by atoms with E-state index in [1.807, 2.05) is 12.1 Å². The highest BCUT2D eigenvalue weighted by Crippen LogP contribution is 2.48. The highest BCUT2D eigenvalue weighted by Gasteiger charge is 2.41. The molecule has 3 aliphatic carbocycles. The predicted octanol–water partition coefficient (Wildman–Crippen LogP) is 10.2. The lowest BCUT2D eigenvalue weighted by Crippen LogP contribution is -2.32. The molecule has 0 saturated carbocycles. The number of nitrogens with zero attached hydrogens (tertiary/aromatic N) is 4. The van der Waals surface area contributed by atoms with Crippen LogP contribution in [0.1, 0.15) is 36.1 Å². The molecule has 4 nitrogen and oxygen atoms in total. The fraction of sp³-hybridized carbons (Fsp3) is 0.136. The topological polar surface area (TPSA) is 55.8 Å². The van der Waals surface area contributed by atoms with E-state index in [9.17, 15) is 10.5 Å². The van der Waals surface area contributed by atoms with Crippen molar-refractivity contribution in [1.82, 2.24) is 4.57 Å². The molecule has 0 N–H and O–H groups in total. The van der Waals surface area contributed by atoms with Crippen LogP contribution in [0.2, 0.25) is 0 Å². The number of hydrogen-bond donors (Lipinski definition) is 0. The molecule has 48 heavy (non-hydrogen) atoms. The zero-order valence-electron chi connectivity index (χ0n) is 26.5. The van der Waals surface area contributed by atoms with Crippen LogP contribution in [0.3, 0.4) is 0 Å². The summed E-state index contributed by atoms with van der Waals surface area (Å²) in [5.41, 5.74) is 14.0. The average Bonchev–Trinajstić information content (AvgIpc) is 3.67. The number of para-hydroxylation sites is 2. The van der Waals surface area contributed by atoms with Gasteiger partial charge in [-0.3, -0.25) is 0 Å². The minimum absolute atomic E-state index is 0.168. The van der Waals surface area contributed by atoms with Gasteiger partial charge in [0.15, 0.2) is 0 Å². The van der Waals surface area contributed by atoms with Crippen LogP contribution in [0.15, 0.2) is 144 Å². The van der Waals surface area contributed by atoms with Crippen LogP contribution in [0.25, 0.3) is 44.9 Å². The fourth-order valence-electron chi connectivity index (χ4n) is 8.39. The van der Waals surface area contributed by atoms with Gasteiger partial charge in [0.05, 0.1) is 34.5 Å². The van der Waals surface area contributed by atoms with Gasteiger partial charge in [-0.25, -0.2) is 0 Å². The van der Waals surface area contributed by atoms with Crippen molar-refractivity contribution in [3.05, 3.63) is 161 Å². The molecule has 2 heterocycles. The van der Waals surface area contributed by atoms with E-state index in [-0.39, 0.29) is 12.0 Å². The van der Waals surface area contributed by atoms with Crippen molar-refractivity contribution in [2.75, 3.05) is 4.90 Å². The van der Waals surface area contributed by atoms with Crippen LogP contribution < -0.4 is 4.90 Å². The zero-order valence-corrected chi connectivity index (χ0v) is 26.5. The van der Waals surface area contributed by atoms with Gasteiger partial charge in [-0.05, 0) is 72.2 Å². The second-order valence-electron chi connectivity index (χ2n) is 12.8. The van der Waals surface area contributed by atoms with Crippen molar-refractivity contribution in [3.8, 4) is 40.1 Å². The number of benzene rings is 4. The van der Waals surface area contributed by atoms with Crippen LogP contribution in [0.4, 0.5) is 5.69 Å². The lowest BCUT2D eigenvalue weighted by Gasteiger charge is -2.31. The second-order valence-corrected chi connectivity index (χ2v) is 12.8. The molecular formula is C44H32N4. The van der Waals surface area contributed by atoms with Gasteiger partial charge >= 0.3 is 0 Å². The molecule has 0 bridgehead atoms. The van der Waals surface area contributed by atoms with Gasteiger partial charge in [-0.2, -0.15) is 10.5 Å². The summed E-state index contributed by atoms with van der Waals surface area (Å²) in [6, 6.07) is 37.3. The number of allylic oxidation sites excluding steroid dienone is 6. The first-order valence-electron chi connectivity index (χ1n) is 16.8. The first-order valence-corrected chi connectivity index (χ1v) is 16.8. The summed E-state index contributed by atoms with van der Waals surface area (Å²) >= 11 is 0. The summed E-state index contributed by atoms with van der Waals surface area (Å²) in [6.07, 6.45) is 19.1. The highest BCUT2D eigenvalue weighted by atomic mass is 15.2. The van der Waals surface area contributed by atoms with Crippen molar-refractivity contribution in [2.24, 2.45) is 5.92 Å². The molecule has 4 aromatic carbocycles. The smallest absolute Gasteiger partial charge is 0.101 e. The van der Waals surface area contributed by atoms with E-state index < -0.39 is 0 Å². The monoisotopic (exact) mass is 616 g/mol. The van der Waals surface area contributed by atoms with Gasteiger partial charge in [-0.15, -0.1) is 0 Å². The van der Waals surface area contributed by atoms with E-state index in [2.05, 4.69) is 143 Å². The Morgan fingerprint density at radius 1 is 0.708 bits per heavy atom. The maximum Gasteiger partial charge on any atom is 0.101 e. The molecule has 0 radical (unpaired) electrons. The number of hydrogen-bond acceptors (Lipinski definition) is 3. The molecule has 4 heteroatoms. The van der Waals surface area contributed by atoms with Crippen LogP contribution in [0, 0.1) is 28.6 Å². The Morgan fingerprint density at radius 3 is 2.35 bits per heavy atom. The minimum atomic E-state index is 0.168. The molecule has 4 aliphatic rings. The molecule has 0 spiro atoms. The lowest BCUT2D eigenvalue weighted by molar-refractivity contribution is 0.679. The van der Waals surface area contributed by atoms with Gasteiger partial charge in [0, 0.05) is 39.5 Å². The van der Waals surface area contributed by atoms with E-state index in [4.69, 9.17) is 0 Å². The van der Waals surface area contributed by atoms with Gasteiger partial charge < -0.3 is 9.47 Å². The van der Waals surface area contributed by atoms with E-state index >= 15 is 0 Å². The van der Waals surface area contributed by atoms with Crippen molar-refractivity contribution in [3.63, 3.8) is 0 Å². The molecule has 9 rings (SSSR count). The summed E-state index contributed by atoms with van der Waals surface area (Å²) in [6.45, 7) is 0. The quantitative estimate of drug-likeness (QED) is 0.202. The van der Waals surface area contributed by atoms with E-state index in [1.165, 1.54) is 27.9 Å². The Bertz CT molecular complexity index is 2380. The Balaban J connectivity index is 1.17. The molecule has 5 aromatic rings. The van der Waals surface area contributed by atoms with Crippen molar-refractivity contribution < 1.29 is 0 Å². The average molecular weight is 617 g/mol. The van der Waals surface area contributed by atoms with Crippen LogP contribution in [-0.2, 0) is 6.42 Å². The highest BCUT2D eigenvalue weighted by molar-refractivity contribution is 5.96. The molecule has 0 fully saturated rings. The minimum Gasteiger partial charge on any atom is -0.337 e. The van der Waals surface area contributed by atoms with Crippen molar-refractivity contribution in [2.45, 2.75) is 31.7 Å². The predicted molar refractivity (Wildman–Crippen MR) is 194 cm³/mol. The van der Waals surface area contributed by atoms with Crippen LogP contribution >= 0.6 is 0 Å². The van der Waals surface area contributed by atoms with Gasteiger partial charge in [0.1, 0.15) is 6.07 Å². The molecule has 228 valence electrons. The number of fused-ring (bicyclic) bond motifs is 5. The molecule has 1 aromatic heterocycles. The largest absolute Gasteiger partial charge is 0.337 e. The first-order chi connectivity index (χ1) is 23.8. The SMILES string of the molecule is N#CC1=CCCC2=C1C1C=CC=CC1N2c1ccc(-c2ccccc2-c2cccc(C#N)c2-n2c3c(c4ccccc42)C=CCC3)cc1. The summed E-state index contributed by atoms with van der Waals surface area (Å²) in [4.78, 5) is 2.45. The normalized spacial score (nSPS) is 19.0. The molecular weight excluding hydrogens is 585 g/mol. The van der Waals surface area contributed by atoms with Crippen molar-refractivity contribution >= 4 is 22.7 Å². The Labute approximate surface area is 280 Å². The Morgan fingerprint density at radius 2 is 1.50 bits per heavy atom. The van der Waals surface area contributed by atoms with Crippen molar-refractivity contribution in [1.29, 1.82) is 10.5 Å². The molecule has 2 atom stereocenters. The number of rotatable bonds is 4. The Kier molecular flexibility index (Phi) is 6.63. The fourth-order valence-corrected chi connectivity index (χ4v) is 8.39. The third-order valence-corrected chi connectivity index (χ3v) is 10.4. The van der Waals surface area contributed by atoms with E-state index in [1.54, 1.807) is 0 Å². The number of anilines is 1. The third-order valence-electron chi connectivity index (χ3n) is 10.4. The maximum atomic E-state index is 10.5. The third kappa shape index (κ3) is 4.20. The van der Waals surface area contributed by atoms with Crippen LogP contribution in [0.5, 0.6) is 0 Å². The van der Waals surface area contributed by atoms with E-state index in [0.29, 0.717) is 5.56 Å². The standard InChI is InChI=1S/C44H32N4/c45-27-30-11-10-22-42-43(30)38-17-5-8-21-41(38)47(42)32-25-23-29(24-26-32)33-13-1-2-14-34(33)37-18-9-12-31(28-46)44(37)48-39-19-6-3-15-35(39)36-16-4-7-20-40(36)48/h1-6,8-9,11-19,21,23-26,38,41H,7,10,20,22H2. The summed E-state index contributed by atoms with van der Waals surface area (Å²) in [5.74, 6) is 0.188. The molecule has 0 saturated heterocycles. The summed E-state index contributed by atoms with van der Waals surface area (Å²) < 4.78 is 2.34. The second kappa shape index (κ2) is 11.3.